The van der Waals surface area contributed by atoms with E-state index < -0.39 is 11.9 Å². The van der Waals surface area contributed by atoms with Crippen molar-refractivity contribution in [2.45, 2.75) is 20.8 Å². The summed E-state index contributed by atoms with van der Waals surface area (Å²) in [6.45, 7) is 4.30. The second-order valence-electron chi connectivity index (χ2n) is 5.34. The number of hydrogen-bond acceptors (Lipinski definition) is 6. The van der Waals surface area contributed by atoms with Crippen molar-refractivity contribution in [2.75, 3.05) is 0 Å². The van der Waals surface area contributed by atoms with Crippen LogP contribution < -0.4 is 14.9 Å². The Hall–Kier alpha value is -3.15. The molecule has 0 amide bonds. The van der Waals surface area contributed by atoms with Crippen LogP contribution in [0.2, 0.25) is 0 Å². The summed E-state index contributed by atoms with van der Waals surface area (Å²) in [5.74, 6) is -0.308. The predicted molar refractivity (Wildman–Crippen MR) is 87.3 cm³/mol. The molecule has 0 saturated carbocycles. The van der Waals surface area contributed by atoms with Gasteiger partial charge in [0.15, 0.2) is 0 Å². The van der Waals surface area contributed by atoms with Crippen LogP contribution in [0.5, 0.6) is 11.5 Å². The average molecular weight is 326 g/mol. The van der Waals surface area contributed by atoms with Gasteiger partial charge in [-0.25, -0.2) is 0 Å². The smallest absolute Gasteiger partial charge is 0.308 e. The number of hydrogen-bond donors (Lipinski definition) is 0. The summed E-state index contributed by atoms with van der Waals surface area (Å²) >= 11 is 0. The third-order valence-electron chi connectivity index (χ3n) is 3.52. The van der Waals surface area contributed by atoms with Crippen LogP contribution in [0.1, 0.15) is 19.4 Å². The number of aryl methyl sites for hydroxylation is 1. The fraction of sp³-hybridized carbons (Fsp3) is 0.167. The van der Waals surface area contributed by atoms with Crippen molar-refractivity contribution in [3.8, 4) is 11.5 Å². The van der Waals surface area contributed by atoms with Gasteiger partial charge in [0.05, 0.1) is 10.8 Å². The standard InChI is InChI=1S/C18H14O6/c1-9-15(23-11(3)20)7-5-13-17(21)14-8-12(22-10(2)19)4-6-16(14)24-18(9)13/h4-8H,1-3H3. The number of carbonyl (C=O) groups excluding carboxylic acids is 2. The minimum atomic E-state index is -0.471. The van der Waals surface area contributed by atoms with E-state index in [1.807, 2.05) is 0 Å². The molecule has 2 aromatic carbocycles. The van der Waals surface area contributed by atoms with Crippen molar-refractivity contribution in [1.29, 1.82) is 0 Å². The highest BCUT2D eigenvalue weighted by Gasteiger charge is 2.14. The fourth-order valence-corrected chi connectivity index (χ4v) is 2.51. The average Bonchev–Trinajstić information content (AvgIpc) is 2.50. The fourth-order valence-electron chi connectivity index (χ4n) is 2.51. The van der Waals surface area contributed by atoms with E-state index in [1.165, 1.54) is 19.9 Å². The summed E-state index contributed by atoms with van der Waals surface area (Å²) in [5.41, 5.74) is 1.02. The molecule has 0 spiro atoms. The van der Waals surface area contributed by atoms with E-state index in [0.29, 0.717) is 33.3 Å². The van der Waals surface area contributed by atoms with Gasteiger partial charge >= 0.3 is 11.9 Å². The Morgan fingerprint density at radius 3 is 2.33 bits per heavy atom. The highest BCUT2D eigenvalue weighted by Crippen LogP contribution is 2.29. The van der Waals surface area contributed by atoms with E-state index >= 15 is 0 Å². The summed E-state index contributed by atoms with van der Waals surface area (Å²) in [5, 5.41) is 0.664. The zero-order valence-corrected chi connectivity index (χ0v) is 13.3. The molecule has 3 rings (SSSR count). The van der Waals surface area contributed by atoms with Crippen LogP contribution in [0.3, 0.4) is 0 Å². The van der Waals surface area contributed by atoms with E-state index in [1.54, 1.807) is 31.2 Å². The molecule has 0 N–H and O–H groups in total. The minimum Gasteiger partial charge on any atom is -0.455 e. The molecule has 0 atom stereocenters. The van der Waals surface area contributed by atoms with Gasteiger partial charge in [0, 0.05) is 19.4 Å². The lowest BCUT2D eigenvalue weighted by molar-refractivity contribution is -0.132. The van der Waals surface area contributed by atoms with E-state index in [4.69, 9.17) is 13.9 Å². The molecule has 0 saturated heterocycles. The van der Waals surface area contributed by atoms with E-state index in [2.05, 4.69) is 0 Å². The molecule has 122 valence electrons. The van der Waals surface area contributed by atoms with Gasteiger partial charge in [-0.05, 0) is 37.3 Å². The van der Waals surface area contributed by atoms with Crippen LogP contribution in [0.4, 0.5) is 0 Å². The van der Waals surface area contributed by atoms with E-state index in [-0.39, 0.29) is 11.2 Å². The summed E-state index contributed by atoms with van der Waals surface area (Å²) in [7, 11) is 0. The molecule has 0 aliphatic carbocycles. The largest absolute Gasteiger partial charge is 0.455 e. The molecule has 6 heteroatoms. The first kappa shape index (κ1) is 15.7. The van der Waals surface area contributed by atoms with Crippen molar-refractivity contribution in [1.82, 2.24) is 0 Å². The number of benzene rings is 2. The van der Waals surface area contributed by atoms with Crippen LogP contribution in [0.25, 0.3) is 21.9 Å². The van der Waals surface area contributed by atoms with Gasteiger partial charge in [0.1, 0.15) is 22.7 Å². The minimum absolute atomic E-state index is 0.252. The van der Waals surface area contributed by atoms with E-state index in [9.17, 15) is 14.4 Å². The molecular weight excluding hydrogens is 312 g/mol. The topological polar surface area (TPSA) is 82.8 Å². The maximum absolute atomic E-state index is 12.7. The molecule has 1 aromatic heterocycles. The second-order valence-corrected chi connectivity index (χ2v) is 5.34. The highest BCUT2D eigenvalue weighted by molar-refractivity contribution is 5.93. The SMILES string of the molecule is CC(=O)Oc1ccc2oc3c(C)c(OC(C)=O)ccc3c(=O)c2c1. The number of esters is 2. The molecule has 0 aliphatic heterocycles. The molecule has 0 bridgehead atoms. The van der Waals surface area contributed by atoms with E-state index in [0.717, 1.165) is 0 Å². The first-order valence-corrected chi connectivity index (χ1v) is 7.24. The normalized spacial score (nSPS) is 10.8. The summed E-state index contributed by atoms with van der Waals surface area (Å²) in [4.78, 5) is 34.9. The Morgan fingerprint density at radius 1 is 0.958 bits per heavy atom. The summed E-state index contributed by atoms with van der Waals surface area (Å²) < 4.78 is 15.9. The number of ether oxygens (including phenoxy) is 2. The second kappa shape index (κ2) is 5.81. The quantitative estimate of drug-likeness (QED) is 0.409. The maximum atomic E-state index is 12.7. The number of rotatable bonds is 2. The van der Waals surface area contributed by atoms with Gasteiger partial charge in [-0.15, -0.1) is 0 Å². The zero-order valence-electron chi connectivity index (χ0n) is 13.3. The third-order valence-corrected chi connectivity index (χ3v) is 3.52. The summed E-state index contributed by atoms with van der Waals surface area (Å²) in [6.07, 6.45) is 0. The van der Waals surface area contributed by atoms with Gasteiger partial charge in [0.25, 0.3) is 0 Å². The van der Waals surface area contributed by atoms with Gasteiger partial charge < -0.3 is 13.9 Å². The molecule has 24 heavy (non-hydrogen) atoms. The molecule has 0 unspecified atom stereocenters. The summed E-state index contributed by atoms with van der Waals surface area (Å²) in [6, 6.07) is 7.68. The molecule has 3 aromatic rings. The van der Waals surface area contributed by atoms with Gasteiger partial charge in [-0.3, -0.25) is 14.4 Å². The van der Waals surface area contributed by atoms with Crippen molar-refractivity contribution >= 4 is 33.9 Å². The molecular formula is C18H14O6. The number of carbonyl (C=O) groups is 2. The van der Waals surface area contributed by atoms with Gasteiger partial charge in [-0.1, -0.05) is 0 Å². The monoisotopic (exact) mass is 326 g/mol. The van der Waals surface area contributed by atoms with Crippen molar-refractivity contribution in [2.24, 2.45) is 0 Å². The lowest BCUT2D eigenvalue weighted by atomic mass is 10.1. The third kappa shape index (κ3) is 2.74. The van der Waals surface area contributed by atoms with Gasteiger partial charge in [0.2, 0.25) is 5.43 Å². The Morgan fingerprint density at radius 2 is 1.67 bits per heavy atom. The van der Waals surface area contributed by atoms with Crippen molar-refractivity contribution in [3.05, 3.63) is 46.1 Å². The van der Waals surface area contributed by atoms with Crippen LogP contribution in [0, 0.1) is 6.92 Å². The van der Waals surface area contributed by atoms with Crippen LogP contribution in [-0.4, -0.2) is 11.9 Å². The van der Waals surface area contributed by atoms with Crippen LogP contribution in [0.15, 0.2) is 39.5 Å². The zero-order chi connectivity index (χ0) is 17.4. The number of fused-ring (bicyclic) bond motifs is 2. The lowest BCUT2D eigenvalue weighted by Gasteiger charge is -2.09. The molecule has 0 fully saturated rings. The molecule has 1 heterocycles. The Balaban J connectivity index is 2.27. The Bertz CT molecular complexity index is 1040. The van der Waals surface area contributed by atoms with Gasteiger partial charge in [-0.2, -0.15) is 0 Å². The maximum Gasteiger partial charge on any atom is 0.308 e. The molecule has 6 nitrogen and oxygen atoms in total. The first-order valence-electron chi connectivity index (χ1n) is 7.24. The van der Waals surface area contributed by atoms with Crippen molar-refractivity contribution < 1.29 is 23.5 Å². The first-order chi connectivity index (χ1) is 11.4. The predicted octanol–water partition coefficient (Wildman–Crippen LogP) is 3.11. The lowest BCUT2D eigenvalue weighted by Crippen LogP contribution is -2.07. The molecule has 0 aliphatic rings. The Labute approximate surface area is 136 Å². The van der Waals surface area contributed by atoms with Crippen LogP contribution >= 0.6 is 0 Å². The Kier molecular flexibility index (Phi) is 3.81. The molecule has 0 radical (unpaired) electrons. The highest BCUT2D eigenvalue weighted by atomic mass is 16.5. The van der Waals surface area contributed by atoms with Crippen molar-refractivity contribution in [3.63, 3.8) is 0 Å². The van der Waals surface area contributed by atoms with Crippen LogP contribution in [-0.2, 0) is 9.59 Å².